The number of rotatable bonds is 5. The van der Waals surface area contributed by atoms with E-state index in [1.807, 2.05) is 68.4 Å². The van der Waals surface area contributed by atoms with Crippen molar-refractivity contribution in [1.29, 1.82) is 0 Å². The zero-order valence-corrected chi connectivity index (χ0v) is 21.9. The Morgan fingerprint density at radius 3 is 1.73 bits per heavy atom. The van der Waals surface area contributed by atoms with Crippen molar-refractivity contribution < 1.29 is 39.4 Å². The Labute approximate surface area is 227 Å². The molecule has 0 saturated carbocycles. The van der Waals surface area contributed by atoms with Crippen LogP contribution in [0.3, 0.4) is 0 Å². The van der Waals surface area contributed by atoms with Crippen LogP contribution < -0.4 is 0 Å². The molecule has 0 saturated heterocycles. The summed E-state index contributed by atoms with van der Waals surface area (Å²) >= 11 is 0. The van der Waals surface area contributed by atoms with E-state index in [1.165, 1.54) is 18.2 Å². The minimum atomic E-state index is -0.402. The summed E-state index contributed by atoms with van der Waals surface area (Å²) in [6.45, 7) is 5.67. The maximum atomic E-state index is 10.7. The molecule has 192 valence electrons. The van der Waals surface area contributed by atoms with Gasteiger partial charge in [0.05, 0.1) is 9.85 Å². The fourth-order valence-corrected chi connectivity index (χ4v) is 3.44. The van der Waals surface area contributed by atoms with E-state index < -0.39 is 9.85 Å². The second kappa shape index (κ2) is 14.6. The Bertz CT molecular complexity index is 1430. The van der Waals surface area contributed by atoms with Crippen molar-refractivity contribution in [2.45, 2.75) is 13.8 Å². The smallest absolute Gasteiger partial charge is 0.456 e. The van der Waals surface area contributed by atoms with Gasteiger partial charge in [-0.1, -0.05) is 48.5 Å². The molecule has 0 atom stereocenters. The van der Waals surface area contributed by atoms with E-state index in [2.05, 4.69) is 0 Å². The van der Waals surface area contributed by atoms with Crippen molar-refractivity contribution in [2.75, 3.05) is 13.2 Å². The predicted octanol–water partition coefficient (Wildman–Crippen LogP) is 7.80. The van der Waals surface area contributed by atoms with Crippen LogP contribution in [0, 0.1) is 20.2 Å². The van der Waals surface area contributed by atoms with E-state index in [4.69, 9.17) is 9.15 Å². The van der Waals surface area contributed by atoms with Gasteiger partial charge in [-0.25, -0.2) is 0 Å². The van der Waals surface area contributed by atoms with Gasteiger partial charge in [0.2, 0.25) is 0 Å². The van der Waals surface area contributed by atoms with Crippen LogP contribution in [-0.4, -0.2) is 23.1 Å². The zero-order valence-electron chi connectivity index (χ0n) is 20.3. The SMILES string of the molecule is CCOCC.O=[N+]([O-])c1ccc(-c2ccccc2)cc1.O=[N+]([O-])c1ccc2oc3ccccc3c2c1.[Pd+2]. The van der Waals surface area contributed by atoms with E-state index in [9.17, 15) is 20.2 Å². The van der Waals surface area contributed by atoms with E-state index in [0.29, 0.717) is 5.58 Å². The molecule has 5 rings (SSSR count). The molecule has 1 heterocycles. The molecule has 4 aromatic carbocycles. The third kappa shape index (κ3) is 8.05. The van der Waals surface area contributed by atoms with Gasteiger partial charge < -0.3 is 9.15 Å². The third-order valence-corrected chi connectivity index (χ3v) is 5.16. The third-order valence-electron chi connectivity index (χ3n) is 5.16. The van der Waals surface area contributed by atoms with Crippen molar-refractivity contribution >= 4 is 33.3 Å². The van der Waals surface area contributed by atoms with E-state index >= 15 is 0 Å². The molecule has 5 aromatic rings. The Morgan fingerprint density at radius 2 is 1.16 bits per heavy atom. The van der Waals surface area contributed by atoms with Gasteiger partial charge in [0, 0.05) is 48.3 Å². The molecule has 9 heteroatoms. The summed E-state index contributed by atoms with van der Waals surface area (Å²) < 4.78 is 10.4. The van der Waals surface area contributed by atoms with Crippen molar-refractivity contribution in [3.05, 3.63) is 117 Å². The topological polar surface area (TPSA) is 109 Å². The molecule has 0 fully saturated rings. The number of nitro groups is 2. The van der Waals surface area contributed by atoms with Crippen LogP contribution >= 0.6 is 0 Å². The van der Waals surface area contributed by atoms with Crippen molar-refractivity contribution in [1.82, 2.24) is 0 Å². The Hall–Kier alpha value is -3.90. The number of nitro benzene ring substituents is 2. The minimum absolute atomic E-state index is 0. The number of hydrogen-bond donors (Lipinski definition) is 0. The zero-order chi connectivity index (χ0) is 25.9. The molecule has 8 nitrogen and oxygen atoms in total. The molecule has 0 N–H and O–H groups in total. The van der Waals surface area contributed by atoms with Crippen LogP contribution in [0.1, 0.15) is 13.8 Å². The fraction of sp³-hybridized carbons (Fsp3) is 0.143. The maximum absolute atomic E-state index is 10.7. The Morgan fingerprint density at radius 1 is 0.649 bits per heavy atom. The summed E-state index contributed by atoms with van der Waals surface area (Å²) in [6.07, 6.45) is 0. The summed E-state index contributed by atoms with van der Waals surface area (Å²) in [5.41, 5.74) is 3.67. The molecular weight excluding hydrogens is 567 g/mol. The predicted molar refractivity (Wildman–Crippen MR) is 141 cm³/mol. The molecule has 37 heavy (non-hydrogen) atoms. The molecule has 1 aromatic heterocycles. The molecule has 0 amide bonds. The van der Waals surface area contributed by atoms with Gasteiger partial charge in [-0.05, 0) is 49.2 Å². The molecule has 0 unspecified atom stereocenters. The van der Waals surface area contributed by atoms with Crippen LogP contribution in [-0.2, 0) is 25.2 Å². The quantitative estimate of drug-likeness (QED) is 0.117. The van der Waals surface area contributed by atoms with E-state index in [0.717, 1.165) is 40.7 Å². The maximum Gasteiger partial charge on any atom is 2.00 e. The number of para-hydroxylation sites is 1. The summed E-state index contributed by atoms with van der Waals surface area (Å²) in [5.74, 6) is 0. The van der Waals surface area contributed by atoms with Gasteiger partial charge in [-0.3, -0.25) is 20.2 Å². The van der Waals surface area contributed by atoms with Gasteiger partial charge in [0.25, 0.3) is 11.4 Å². The first kappa shape index (κ1) is 29.3. The van der Waals surface area contributed by atoms with E-state index in [1.54, 1.807) is 24.3 Å². The average molecular weight is 593 g/mol. The number of non-ortho nitro benzene ring substituents is 2. The number of ether oxygens (including phenoxy) is 1. The van der Waals surface area contributed by atoms with Crippen LogP contribution in [0.15, 0.2) is 101 Å². The standard InChI is InChI=1S/C12H7NO3.C12H9NO2.C4H10O.Pd/c14-13(15)8-5-6-12-10(7-8)9-3-1-2-4-11(9)16-12;14-13(15)12-8-6-11(7-9-12)10-4-2-1-3-5-10;1-3-5-4-2;/h1-7H;1-9H;3-4H2,1-2H3;/q;;;+2. The van der Waals surface area contributed by atoms with Gasteiger partial charge in [0.15, 0.2) is 0 Å². The fourth-order valence-electron chi connectivity index (χ4n) is 3.44. The first-order chi connectivity index (χ1) is 17.4. The van der Waals surface area contributed by atoms with Crippen LogP contribution in [0.2, 0.25) is 0 Å². The molecular formula is C28H26N2O6Pd+2. The molecule has 0 spiro atoms. The molecule has 0 aliphatic heterocycles. The largest absolute Gasteiger partial charge is 2.00 e. The van der Waals surface area contributed by atoms with E-state index in [-0.39, 0.29) is 31.8 Å². The summed E-state index contributed by atoms with van der Waals surface area (Å²) in [4.78, 5) is 20.3. The number of fused-ring (bicyclic) bond motifs is 3. The second-order valence-corrected chi connectivity index (χ2v) is 7.49. The first-order valence-corrected chi connectivity index (χ1v) is 11.4. The van der Waals surface area contributed by atoms with Crippen molar-refractivity contribution in [2.24, 2.45) is 0 Å². The van der Waals surface area contributed by atoms with Gasteiger partial charge in [0.1, 0.15) is 11.2 Å². The first-order valence-electron chi connectivity index (χ1n) is 11.4. The Kier molecular flexibility index (Phi) is 11.6. The summed E-state index contributed by atoms with van der Waals surface area (Å²) in [6, 6.07) is 28.4. The van der Waals surface area contributed by atoms with Gasteiger partial charge >= 0.3 is 20.4 Å². The average Bonchev–Trinajstić information content (AvgIpc) is 3.28. The molecule has 0 radical (unpaired) electrons. The Balaban J connectivity index is 0.000000217. The molecule has 0 aliphatic rings. The van der Waals surface area contributed by atoms with Crippen LogP contribution in [0.5, 0.6) is 0 Å². The number of furan rings is 1. The van der Waals surface area contributed by atoms with Crippen molar-refractivity contribution in [3.63, 3.8) is 0 Å². The van der Waals surface area contributed by atoms with Crippen molar-refractivity contribution in [3.8, 4) is 11.1 Å². The normalized spacial score (nSPS) is 9.89. The number of hydrogen-bond acceptors (Lipinski definition) is 6. The molecule has 0 aliphatic carbocycles. The summed E-state index contributed by atoms with van der Waals surface area (Å²) in [5, 5.41) is 22.8. The van der Waals surface area contributed by atoms with Crippen LogP contribution in [0.25, 0.3) is 33.1 Å². The monoisotopic (exact) mass is 592 g/mol. The number of benzene rings is 4. The molecule has 0 bridgehead atoms. The number of nitrogens with zero attached hydrogens (tertiary/aromatic N) is 2. The minimum Gasteiger partial charge on any atom is -0.456 e. The van der Waals surface area contributed by atoms with Gasteiger partial charge in [-0.2, -0.15) is 0 Å². The van der Waals surface area contributed by atoms with Gasteiger partial charge in [-0.15, -0.1) is 0 Å². The van der Waals surface area contributed by atoms with Crippen LogP contribution in [0.4, 0.5) is 11.4 Å². The summed E-state index contributed by atoms with van der Waals surface area (Å²) in [7, 11) is 0. The second-order valence-electron chi connectivity index (χ2n) is 7.49.